The predicted molar refractivity (Wildman–Crippen MR) is 165 cm³/mol. The molecule has 8 rings (SSSR count). The first kappa shape index (κ1) is 8.69. The first-order valence-corrected chi connectivity index (χ1v) is 11.4. The molecule has 0 saturated carbocycles. The summed E-state index contributed by atoms with van der Waals surface area (Å²) in [6, 6.07) is -22.0. The largest absolute Gasteiger partial charge is 0.455 e. The van der Waals surface area contributed by atoms with E-state index in [4.69, 9.17) is 29.1 Å². The van der Waals surface area contributed by atoms with E-state index in [1.165, 1.54) is 0 Å². The van der Waals surface area contributed by atoms with Crippen LogP contribution in [0.4, 0.5) is 0 Å². The summed E-state index contributed by atoms with van der Waals surface area (Å²) in [4.78, 5) is 0. The van der Waals surface area contributed by atoms with E-state index in [2.05, 4.69) is 0 Å². The number of benzene rings is 7. The van der Waals surface area contributed by atoms with Crippen molar-refractivity contribution in [3.8, 4) is 33.4 Å². The van der Waals surface area contributed by atoms with Crippen LogP contribution in [-0.4, -0.2) is 0 Å². The van der Waals surface area contributed by atoms with Gasteiger partial charge in [-0.05, 0) is 49.8 Å². The number of para-hydroxylation sites is 2. The average Bonchev–Trinajstić information content (AvgIpc) is 3.66. The molecule has 1 aromatic heterocycles. The van der Waals surface area contributed by atoms with E-state index in [9.17, 15) is 8.22 Å². The molecule has 0 aliphatic rings. The molecule has 0 radical (unpaired) electrons. The van der Waals surface area contributed by atoms with E-state index in [0.29, 0.717) is 0 Å². The monoisotopic (exact) mass is 520 g/mol. The van der Waals surface area contributed by atoms with Gasteiger partial charge in [0, 0.05) is 21.9 Å². The van der Waals surface area contributed by atoms with Gasteiger partial charge in [0.2, 0.25) is 0 Å². The molecule has 0 atom stereocenters. The summed E-state index contributed by atoms with van der Waals surface area (Å²) in [7, 11) is 0. The molecular formula is C38H24O. The lowest BCUT2D eigenvalue weighted by Crippen LogP contribution is -1.92. The Hall–Kier alpha value is -5.14. The van der Waals surface area contributed by atoms with Gasteiger partial charge in [0.15, 0.2) is 0 Å². The van der Waals surface area contributed by atoms with Crippen molar-refractivity contribution in [2.45, 2.75) is 0 Å². The van der Waals surface area contributed by atoms with E-state index in [1.807, 2.05) is 0 Å². The van der Waals surface area contributed by atoms with E-state index in [-0.39, 0.29) is 0 Å². The summed E-state index contributed by atoms with van der Waals surface area (Å²) in [5.41, 5.74) is -5.59. The van der Waals surface area contributed by atoms with Gasteiger partial charge in [0.1, 0.15) is 11.2 Å². The molecule has 0 aliphatic heterocycles. The smallest absolute Gasteiger partial charge is 0.143 e. The number of hydrogen-bond acceptors (Lipinski definition) is 1. The third-order valence-electron chi connectivity index (χ3n) is 6.25. The van der Waals surface area contributed by atoms with Crippen molar-refractivity contribution in [2.75, 3.05) is 0 Å². The van der Waals surface area contributed by atoms with Crippen LogP contribution >= 0.6 is 0 Å². The van der Waals surface area contributed by atoms with Gasteiger partial charge in [0.05, 0.1) is 32.9 Å². The normalized spacial score (nSPS) is 20.2. The highest BCUT2D eigenvalue weighted by Gasteiger charge is 2.21. The van der Waals surface area contributed by atoms with Crippen molar-refractivity contribution < 1.29 is 37.3 Å². The summed E-state index contributed by atoms with van der Waals surface area (Å²) < 4.78 is 218. The first-order chi connectivity index (χ1) is 29.3. The minimum Gasteiger partial charge on any atom is -0.455 e. The highest BCUT2D eigenvalue weighted by atomic mass is 16.3. The quantitative estimate of drug-likeness (QED) is 0.211. The van der Waals surface area contributed by atoms with Crippen LogP contribution in [0.1, 0.15) is 32.9 Å². The van der Waals surface area contributed by atoms with Crippen molar-refractivity contribution in [2.24, 2.45) is 0 Å². The second kappa shape index (κ2) is 8.72. The fraction of sp³-hybridized carbons (Fsp3) is 0. The molecule has 0 N–H and O–H groups in total. The second-order valence-electron chi connectivity index (χ2n) is 8.26. The number of fused-ring (bicyclic) bond motifs is 5. The fourth-order valence-electron chi connectivity index (χ4n) is 4.69. The van der Waals surface area contributed by atoms with Crippen LogP contribution in [-0.2, 0) is 0 Å². The maximum atomic E-state index is 9.37. The first-order valence-electron chi connectivity index (χ1n) is 23.4. The maximum Gasteiger partial charge on any atom is 0.143 e. The Morgan fingerprint density at radius 1 is 0.359 bits per heavy atom. The molecule has 0 aliphatic carbocycles. The summed E-state index contributed by atoms with van der Waals surface area (Å²) in [6.07, 6.45) is 0. The Bertz CT molecular complexity index is 3390. The Morgan fingerprint density at radius 3 is 1.49 bits per heavy atom. The van der Waals surface area contributed by atoms with Gasteiger partial charge in [-0.25, -0.2) is 0 Å². The summed E-state index contributed by atoms with van der Waals surface area (Å²) >= 11 is 0. The zero-order chi connectivity index (χ0) is 46.6. The molecule has 0 fully saturated rings. The zero-order valence-corrected chi connectivity index (χ0v) is 19.4. The lowest BCUT2D eigenvalue weighted by Gasteiger charge is -2.19. The van der Waals surface area contributed by atoms with Crippen molar-refractivity contribution in [3.05, 3.63) is 145 Å². The summed E-state index contributed by atoms with van der Waals surface area (Å²) in [6.45, 7) is 0. The third-order valence-corrected chi connectivity index (χ3v) is 6.25. The Balaban J connectivity index is 1.80. The zero-order valence-electron chi connectivity index (χ0n) is 43.4. The minimum absolute atomic E-state index is 0.409. The van der Waals surface area contributed by atoms with Crippen LogP contribution in [0, 0.1) is 0 Å². The molecule has 39 heavy (non-hydrogen) atoms. The fourth-order valence-corrected chi connectivity index (χ4v) is 4.69. The Kier molecular flexibility index (Phi) is 1.94. The minimum atomic E-state index is -1.02. The molecule has 7 aromatic carbocycles. The molecule has 182 valence electrons. The maximum absolute atomic E-state index is 9.37. The number of rotatable bonds is 3. The summed E-state index contributed by atoms with van der Waals surface area (Å²) in [5, 5.41) is -3.70. The lowest BCUT2D eigenvalue weighted by molar-refractivity contribution is 0.670. The predicted octanol–water partition coefficient (Wildman–Crippen LogP) is 10.9. The Morgan fingerprint density at radius 2 is 0.821 bits per heavy atom. The van der Waals surface area contributed by atoms with Crippen molar-refractivity contribution in [1.82, 2.24) is 0 Å². The molecule has 0 unspecified atom stereocenters. The van der Waals surface area contributed by atoms with Crippen molar-refractivity contribution in [1.29, 1.82) is 0 Å². The van der Waals surface area contributed by atoms with Gasteiger partial charge < -0.3 is 4.42 Å². The summed E-state index contributed by atoms with van der Waals surface area (Å²) in [5.74, 6) is 0. The van der Waals surface area contributed by atoms with E-state index in [1.54, 1.807) is 0 Å². The van der Waals surface area contributed by atoms with Crippen LogP contribution < -0.4 is 0 Å². The van der Waals surface area contributed by atoms with Crippen LogP contribution in [0.15, 0.2) is 149 Å². The molecule has 0 amide bonds. The highest BCUT2D eigenvalue weighted by Crippen LogP contribution is 2.47. The molecule has 1 heteroatoms. The van der Waals surface area contributed by atoms with Crippen LogP contribution in [0.25, 0.3) is 76.9 Å². The lowest BCUT2D eigenvalue weighted by atomic mass is 9.83. The molecule has 8 aromatic rings. The van der Waals surface area contributed by atoms with Crippen molar-refractivity contribution >= 4 is 43.5 Å². The number of hydrogen-bond donors (Lipinski definition) is 0. The third kappa shape index (κ3) is 3.34. The van der Waals surface area contributed by atoms with Gasteiger partial charge in [-0.15, -0.1) is 0 Å². The number of furan rings is 1. The van der Waals surface area contributed by atoms with Gasteiger partial charge in [-0.2, -0.15) is 0 Å². The highest BCUT2D eigenvalue weighted by molar-refractivity contribution is 6.24. The van der Waals surface area contributed by atoms with E-state index >= 15 is 0 Å². The van der Waals surface area contributed by atoms with Gasteiger partial charge in [0.25, 0.3) is 0 Å². The van der Waals surface area contributed by atoms with Gasteiger partial charge in [-0.3, -0.25) is 0 Å². The van der Waals surface area contributed by atoms with Crippen molar-refractivity contribution in [3.63, 3.8) is 0 Å². The molecule has 0 saturated heterocycles. The average molecular weight is 521 g/mol. The topological polar surface area (TPSA) is 13.1 Å². The van der Waals surface area contributed by atoms with Crippen LogP contribution in [0.3, 0.4) is 0 Å². The van der Waals surface area contributed by atoms with Crippen LogP contribution in [0.2, 0.25) is 0 Å². The van der Waals surface area contributed by atoms with Gasteiger partial charge in [-0.1, -0.05) is 139 Å². The SMILES string of the molecule is [2H]c1c([2H])c([2H])c(-c2c([2H])c([2H])c([2H])c([2H])c2-c2c3c([2H])c([2H])c([2H])c([2H])c3c(-c3c([2H])c([2H])c([2H])c4c3oc3c([2H])c([2H])c([2H])c([2H])c34)c3c([2H])c([2H])c([2H])c([2H])c23)c([2H])c1[2H]. The molecular weight excluding hydrogens is 472 g/mol. The van der Waals surface area contributed by atoms with Gasteiger partial charge >= 0.3 is 0 Å². The standard InChI is InChI=1S/C38H24O/c1-2-13-25(14-3-1)26-15-4-5-17-28(26)36-29-18-6-8-20-31(29)37(32-21-9-7-19-30(32)36)34-23-12-22-33-27-16-10-11-24-35(27)39-38(33)34/h1-24H/i1D,2D,3D,4D,5D,6D,7D,8D,9D,10D,11D,12D,13D,14D,15D,16D,17D,18D,19D,20D,21D,22D,23D,24D. The molecule has 1 heterocycles. The molecule has 1 nitrogen and oxygen atoms in total. The van der Waals surface area contributed by atoms with E-state index < -0.39 is 222 Å². The van der Waals surface area contributed by atoms with Crippen LogP contribution in [0.5, 0.6) is 0 Å². The molecule has 0 bridgehead atoms. The second-order valence-corrected chi connectivity index (χ2v) is 8.26. The van der Waals surface area contributed by atoms with E-state index in [0.717, 1.165) is 0 Å². The molecule has 0 spiro atoms. The Labute approximate surface area is 260 Å².